The minimum absolute atomic E-state index is 0.567. The van der Waals surface area contributed by atoms with Crippen LogP contribution in [0.3, 0.4) is 0 Å². The summed E-state index contributed by atoms with van der Waals surface area (Å²) in [7, 11) is 2.10. The lowest BCUT2D eigenvalue weighted by molar-refractivity contribution is 0.254. The Labute approximate surface area is 67.4 Å². The predicted octanol–water partition coefficient (Wildman–Crippen LogP) is 0.0723. The fourth-order valence-corrected chi connectivity index (χ4v) is 1.77. The van der Waals surface area contributed by atoms with Crippen LogP contribution in [0.1, 0.15) is 13.3 Å². The molecule has 3 nitrogen and oxygen atoms in total. The van der Waals surface area contributed by atoms with Crippen molar-refractivity contribution < 1.29 is 0 Å². The van der Waals surface area contributed by atoms with Crippen LogP contribution >= 0.6 is 0 Å². The fraction of sp³-hybridized carbons (Fsp3) is 0.750. The van der Waals surface area contributed by atoms with Crippen LogP contribution < -0.4 is 10.7 Å². The molecule has 1 unspecified atom stereocenters. The zero-order valence-electron chi connectivity index (χ0n) is 7.15. The summed E-state index contributed by atoms with van der Waals surface area (Å²) in [6.07, 6.45) is 1.16. The van der Waals surface area contributed by atoms with Gasteiger partial charge in [0.2, 0.25) is 0 Å². The van der Waals surface area contributed by atoms with Crippen molar-refractivity contribution in [3.05, 3.63) is 11.3 Å². The predicted molar refractivity (Wildman–Crippen MR) is 44.9 cm³/mol. The average Bonchev–Trinajstić information content (AvgIpc) is 2.30. The Hall–Kier alpha value is -0.540. The molecule has 2 N–H and O–H groups in total. The van der Waals surface area contributed by atoms with Gasteiger partial charge in [-0.15, -0.1) is 0 Å². The number of hydrogen-bond donors (Lipinski definition) is 2. The molecule has 0 aromatic heterocycles. The molecule has 0 radical (unpaired) electrons. The van der Waals surface area contributed by atoms with Gasteiger partial charge in [0, 0.05) is 32.3 Å². The summed E-state index contributed by atoms with van der Waals surface area (Å²) in [5.74, 6) is 0. The van der Waals surface area contributed by atoms with Crippen LogP contribution in [0.2, 0.25) is 0 Å². The lowest BCUT2D eigenvalue weighted by Gasteiger charge is -2.17. The topological polar surface area (TPSA) is 27.3 Å². The van der Waals surface area contributed by atoms with Crippen LogP contribution in [0.15, 0.2) is 11.3 Å². The zero-order chi connectivity index (χ0) is 7.84. The quantitative estimate of drug-likeness (QED) is 0.516. The molecule has 0 aromatic carbocycles. The first-order valence-electron chi connectivity index (χ1n) is 4.21. The van der Waals surface area contributed by atoms with E-state index in [9.17, 15) is 0 Å². The Kier molecular flexibility index (Phi) is 1.62. The van der Waals surface area contributed by atoms with Gasteiger partial charge in [0.1, 0.15) is 0 Å². The second kappa shape index (κ2) is 2.50. The van der Waals surface area contributed by atoms with E-state index < -0.39 is 0 Å². The van der Waals surface area contributed by atoms with Crippen molar-refractivity contribution in [3.63, 3.8) is 0 Å². The summed E-state index contributed by atoms with van der Waals surface area (Å²) in [5, 5.41) is 5.56. The Morgan fingerprint density at radius 2 is 2.36 bits per heavy atom. The third-order valence-electron chi connectivity index (χ3n) is 2.65. The van der Waals surface area contributed by atoms with E-state index in [0.717, 1.165) is 19.5 Å². The van der Waals surface area contributed by atoms with Crippen molar-refractivity contribution in [2.45, 2.75) is 19.4 Å². The molecule has 0 aliphatic carbocycles. The third-order valence-corrected chi connectivity index (χ3v) is 2.65. The molecular weight excluding hydrogens is 138 g/mol. The zero-order valence-corrected chi connectivity index (χ0v) is 7.15. The van der Waals surface area contributed by atoms with Crippen LogP contribution in [-0.4, -0.2) is 31.2 Å². The van der Waals surface area contributed by atoms with E-state index in [0.29, 0.717) is 6.04 Å². The van der Waals surface area contributed by atoms with E-state index in [-0.39, 0.29) is 0 Å². The molecule has 2 aliphatic heterocycles. The van der Waals surface area contributed by atoms with Gasteiger partial charge in [-0.25, -0.2) is 5.01 Å². The Bertz CT molecular complexity index is 198. The molecule has 3 heteroatoms. The van der Waals surface area contributed by atoms with Gasteiger partial charge >= 0.3 is 0 Å². The second-order valence-electron chi connectivity index (χ2n) is 3.33. The standard InChI is InChI=1S/C8H15N3/c1-6-7-5-9-4-3-8(7)10-11(6)2/h6,9-10H,3-5H2,1-2H3. The van der Waals surface area contributed by atoms with Crippen LogP contribution in [0.25, 0.3) is 0 Å². The van der Waals surface area contributed by atoms with E-state index in [1.54, 1.807) is 5.57 Å². The smallest absolute Gasteiger partial charge is 0.0501 e. The fourth-order valence-electron chi connectivity index (χ4n) is 1.77. The van der Waals surface area contributed by atoms with E-state index >= 15 is 0 Å². The lowest BCUT2D eigenvalue weighted by atomic mass is 10.0. The minimum atomic E-state index is 0.567. The summed E-state index contributed by atoms with van der Waals surface area (Å²) >= 11 is 0. The first-order chi connectivity index (χ1) is 5.29. The van der Waals surface area contributed by atoms with Crippen LogP contribution in [0.4, 0.5) is 0 Å². The highest BCUT2D eigenvalue weighted by Crippen LogP contribution is 2.22. The second-order valence-corrected chi connectivity index (χ2v) is 3.33. The van der Waals surface area contributed by atoms with Gasteiger partial charge in [-0.05, 0) is 12.5 Å². The SMILES string of the molecule is CC1C2=C(CCNC2)NN1C. The van der Waals surface area contributed by atoms with Crippen molar-refractivity contribution in [1.29, 1.82) is 0 Å². The number of nitrogens with zero attached hydrogens (tertiary/aromatic N) is 1. The molecule has 1 atom stereocenters. The molecular formula is C8H15N3. The number of hydrogen-bond acceptors (Lipinski definition) is 3. The van der Waals surface area contributed by atoms with Gasteiger partial charge in [-0.2, -0.15) is 0 Å². The summed E-state index contributed by atoms with van der Waals surface area (Å²) in [4.78, 5) is 0. The van der Waals surface area contributed by atoms with Crippen molar-refractivity contribution in [1.82, 2.24) is 15.8 Å². The largest absolute Gasteiger partial charge is 0.323 e. The molecule has 2 heterocycles. The molecule has 0 saturated heterocycles. The highest BCUT2D eigenvalue weighted by Gasteiger charge is 2.27. The molecule has 62 valence electrons. The molecule has 0 fully saturated rings. The summed E-state index contributed by atoms with van der Waals surface area (Å²) in [6, 6.07) is 0.567. The van der Waals surface area contributed by atoms with Crippen LogP contribution in [-0.2, 0) is 0 Å². The number of nitrogens with one attached hydrogen (secondary N) is 2. The maximum absolute atomic E-state index is 3.38. The lowest BCUT2D eigenvalue weighted by Crippen LogP contribution is -2.33. The molecule has 2 rings (SSSR count). The van der Waals surface area contributed by atoms with Gasteiger partial charge < -0.3 is 10.7 Å². The Balaban J connectivity index is 2.20. The number of hydrazine groups is 1. The highest BCUT2D eigenvalue weighted by atomic mass is 15.5. The van der Waals surface area contributed by atoms with E-state index in [4.69, 9.17) is 0 Å². The van der Waals surface area contributed by atoms with Crippen LogP contribution in [0.5, 0.6) is 0 Å². The van der Waals surface area contributed by atoms with Crippen molar-refractivity contribution in [2.75, 3.05) is 20.1 Å². The average molecular weight is 153 g/mol. The van der Waals surface area contributed by atoms with E-state index in [1.807, 2.05) is 0 Å². The van der Waals surface area contributed by atoms with E-state index in [2.05, 4.69) is 29.7 Å². The van der Waals surface area contributed by atoms with Crippen molar-refractivity contribution in [2.24, 2.45) is 0 Å². The van der Waals surface area contributed by atoms with Crippen molar-refractivity contribution in [3.8, 4) is 0 Å². The van der Waals surface area contributed by atoms with Crippen molar-refractivity contribution >= 4 is 0 Å². The monoisotopic (exact) mass is 153 g/mol. The van der Waals surface area contributed by atoms with Gasteiger partial charge in [-0.1, -0.05) is 0 Å². The molecule has 0 aromatic rings. The maximum Gasteiger partial charge on any atom is 0.0501 e. The molecule has 2 aliphatic rings. The number of likely N-dealkylation sites (N-methyl/N-ethyl adjacent to an activating group) is 1. The maximum atomic E-state index is 3.38. The summed E-state index contributed by atoms with van der Waals surface area (Å²) in [5.41, 5.74) is 6.36. The molecule has 0 bridgehead atoms. The molecule has 0 saturated carbocycles. The summed E-state index contributed by atoms with van der Waals surface area (Å²) in [6.45, 7) is 4.42. The van der Waals surface area contributed by atoms with Gasteiger partial charge in [0.15, 0.2) is 0 Å². The third kappa shape index (κ3) is 1.04. The first kappa shape index (κ1) is 7.13. The normalized spacial score (nSPS) is 32.0. The summed E-state index contributed by atoms with van der Waals surface area (Å²) < 4.78 is 0. The van der Waals surface area contributed by atoms with Gasteiger partial charge in [0.05, 0.1) is 6.04 Å². The first-order valence-corrected chi connectivity index (χ1v) is 4.21. The molecule has 11 heavy (non-hydrogen) atoms. The minimum Gasteiger partial charge on any atom is -0.323 e. The van der Waals surface area contributed by atoms with Gasteiger partial charge in [-0.3, -0.25) is 0 Å². The Morgan fingerprint density at radius 1 is 1.55 bits per heavy atom. The molecule has 0 spiro atoms. The number of rotatable bonds is 0. The van der Waals surface area contributed by atoms with E-state index in [1.165, 1.54) is 5.70 Å². The van der Waals surface area contributed by atoms with Gasteiger partial charge in [0.25, 0.3) is 0 Å². The molecule has 0 amide bonds. The highest BCUT2D eigenvalue weighted by molar-refractivity contribution is 5.25. The van der Waals surface area contributed by atoms with Crippen LogP contribution in [0, 0.1) is 0 Å². The Morgan fingerprint density at radius 3 is 3.09 bits per heavy atom.